The Balaban J connectivity index is 1.64. The Morgan fingerprint density at radius 3 is 2.58 bits per heavy atom. The van der Waals surface area contributed by atoms with Crippen molar-refractivity contribution in [2.24, 2.45) is 0 Å². The lowest BCUT2D eigenvalue weighted by atomic mass is 10.1. The van der Waals surface area contributed by atoms with E-state index < -0.39 is 11.6 Å². The zero-order valence-corrected chi connectivity index (χ0v) is 12.8. The van der Waals surface area contributed by atoms with Crippen molar-refractivity contribution in [3.63, 3.8) is 0 Å². The first-order valence-corrected chi connectivity index (χ1v) is 7.43. The molecule has 0 amide bonds. The molecule has 0 atom stereocenters. The molecule has 0 saturated carbocycles. The highest BCUT2D eigenvalue weighted by Gasteiger charge is 2.12. The van der Waals surface area contributed by atoms with Crippen LogP contribution in [0, 0.1) is 18.6 Å². The number of fused-ring (bicyclic) bond motifs is 1. The topological polar surface area (TPSA) is 43.9 Å². The molecular weight excluding hydrogens is 312 g/mol. The first-order valence-electron chi connectivity index (χ1n) is 7.43. The van der Waals surface area contributed by atoms with Gasteiger partial charge in [-0.2, -0.15) is 0 Å². The molecule has 0 aliphatic heterocycles. The Hall–Kier alpha value is -3.02. The van der Waals surface area contributed by atoms with Crippen molar-refractivity contribution in [1.82, 2.24) is 14.7 Å². The molecule has 4 aromatic rings. The molecule has 0 N–H and O–H groups in total. The Morgan fingerprint density at radius 2 is 1.79 bits per heavy atom. The third-order valence-corrected chi connectivity index (χ3v) is 3.90. The van der Waals surface area contributed by atoms with Crippen molar-refractivity contribution >= 4 is 11.0 Å². The van der Waals surface area contributed by atoms with E-state index in [1.165, 1.54) is 11.9 Å². The molecular formula is C18H13F2N3O. The largest absolute Gasteiger partial charge is 0.359 e. The number of aryl methyl sites for hydroxylation is 1. The van der Waals surface area contributed by atoms with Gasteiger partial charge in [-0.15, -0.1) is 0 Å². The summed E-state index contributed by atoms with van der Waals surface area (Å²) >= 11 is 0. The van der Waals surface area contributed by atoms with Crippen molar-refractivity contribution < 1.29 is 13.3 Å². The van der Waals surface area contributed by atoms with Crippen molar-refractivity contribution in [3.8, 4) is 11.3 Å². The predicted octanol–water partition coefficient (Wildman–Crippen LogP) is 4.33. The maximum absolute atomic E-state index is 13.5. The third kappa shape index (κ3) is 2.56. The highest BCUT2D eigenvalue weighted by molar-refractivity contribution is 5.75. The fourth-order valence-corrected chi connectivity index (χ4v) is 2.60. The molecule has 0 bridgehead atoms. The van der Waals surface area contributed by atoms with Crippen molar-refractivity contribution in [3.05, 3.63) is 71.8 Å². The zero-order valence-electron chi connectivity index (χ0n) is 12.8. The third-order valence-electron chi connectivity index (χ3n) is 3.90. The lowest BCUT2D eigenvalue weighted by Gasteiger charge is -2.01. The van der Waals surface area contributed by atoms with Gasteiger partial charge in [0.15, 0.2) is 17.4 Å². The van der Waals surface area contributed by atoms with Gasteiger partial charge in [0.25, 0.3) is 0 Å². The van der Waals surface area contributed by atoms with Crippen LogP contribution < -0.4 is 0 Å². The van der Waals surface area contributed by atoms with E-state index in [4.69, 9.17) is 4.52 Å². The highest BCUT2D eigenvalue weighted by atomic mass is 19.2. The summed E-state index contributed by atoms with van der Waals surface area (Å²) in [4.78, 5) is 4.09. The Kier molecular flexibility index (Phi) is 3.37. The molecule has 6 heteroatoms. The summed E-state index contributed by atoms with van der Waals surface area (Å²) in [6, 6.07) is 12.0. The van der Waals surface area contributed by atoms with E-state index in [2.05, 4.69) is 10.1 Å². The number of rotatable bonds is 3. The molecule has 2 aromatic carbocycles. The SMILES string of the molecule is Cc1ccc(-c2cc(Cn3cnc4cc(F)c(F)cc43)on2)cc1. The van der Waals surface area contributed by atoms with Gasteiger partial charge in [-0.1, -0.05) is 35.0 Å². The van der Waals surface area contributed by atoms with Crippen LogP contribution in [0.1, 0.15) is 11.3 Å². The van der Waals surface area contributed by atoms with Gasteiger partial charge in [-0.25, -0.2) is 13.8 Å². The monoisotopic (exact) mass is 325 g/mol. The minimum absolute atomic E-state index is 0.334. The lowest BCUT2D eigenvalue weighted by Crippen LogP contribution is -1.97. The number of benzene rings is 2. The second-order valence-corrected chi connectivity index (χ2v) is 5.67. The first-order chi connectivity index (χ1) is 11.6. The molecule has 0 saturated heterocycles. The van der Waals surface area contributed by atoms with Crippen LogP contribution in [0.25, 0.3) is 22.3 Å². The Morgan fingerprint density at radius 1 is 1.04 bits per heavy atom. The van der Waals surface area contributed by atoms with E-state index in [0.29, 0.717) is 23.3 Å². The molecule has 0 spiro atoms. The summed E-state index contributed by atoms with van der Waals surface area (Å²) in [6.07, 6.45) is 1.53. The van der Waals surface area contributed by atoms with E-state index in [1.54, 1.807) is 4.57 Å². The summed E-state index contributed by atoms with van der Waals surface area (Å²) in [6.45, 7) is 2.35. The first kappa shape index (κ1) is 14.6. The molecule has 120 valence electrons. The molecule has 4 rings (SSSR count). The summed E-state index contributed by atoms with van der Waals surface area (Å²) in [5, 5.41) is 4.07. The van der Waals surface area contributed by atoms with Gasteiger partial charge in [0.2, 0.25) is 0 Å². The molecule has 2 heterocycles. The maximum atomic E-state index is 13.5. The molecule has 0 fully saturated rings. The minimum Gasteiger partial charge on any atom is -0.359 e. The molecule has 0 aliphatic rings. The fourth-order valence-electron chi connectivity index (χ4n) is 2.60. The van der Waals surface area contributed by atoms with Crippen LogP contribution in [0.5, 0.6) is 0 Å². The van der Waals surface area contributed by atoms with Gasteiger partial charge in [0.1, 0.15) is 5.69 Å². The second-order valence-electron chi connectivity index (χ2n) is 5.67. The molecule has 0 unspecified atom stereocenters. The minimum atomic E-state index is -0.908. The van der Waals surface area contributed by atoms with E-state index in [0.717, 1.165) is 23.4 Å². The van der Waals surface area contributed by atoms with Gasteiger partial charge in [-0.3, -0.25) is 0 Å². The number of nitrogens with zero attached hydrogens (tertiary/aromatic N) is 3. The highest BCUT2D eigenvalue weighted by Crippen LogP contribution is 2.22. The molecule has 4 nitrogen and oxygen atoms in total. The van der Waals surface area contributed by atoms with E-state index in [1.807, 2.05) is 37.3 Å². The van der Waals surface area contributed by atoms with Crippen molar-refractivity contribution in [2.75, 3.05) is 0 Å². The lowest BCUT2D eigenvalue weighted by molar-refractivity contribution is 0.379. The summed E-state index contributed by atoms with van der Waals surface area (Å²) in [5.41, 5.74) is 3.75. The van der Waals surface area contributed by atoms with Crippen LogP contribution in [0.4, 0.5) is 8.78 Å². The summed E-state index contributed by atoms with van der Waals surface area (Å²) < 4.78 is 33.8. The normalized spacial score (nSPS) is 11.3. The van der Waals surface area contributed by atoms with Crippen LogP contribution in [-0.2, 0) is 6.54 Å². The standard InChI is InChI=1S/C18H13F2N3O/c1-11-2-4-12(5-3-11)16-6-13(24-22-16)9-23-10-21-17-7-14(19)15(20)8-18(17)23/h2-8,10H,9H2,1H3. The van der Waals surface area contributed by atoms with Crippen LogP contribution in [0.15, 0.2) is 53.3 Å². The van der Waals surface area contributed by atoms with Crippen LogP contribution in [0.2, 0.25) is 0 Å². The van der Waals surface area contributed by atoms with Gasteiger partial charge < -0.3 is 9.09 Å². The molecule has 0 radical (unpaired) electrons. The summed E-state index contributed by atoms with van der Waals surface area (Å²) in [7, 11) is 0. The molecule has 2 aromatic heterocycles. The number of halogens is 2. The van der Waals surface area contributed by atoms with Crippen LogP contribution in [-0.4, -0.2) is 14.7 Å². The second kappa shape index (κ2) is 5.56. The number of hydrogen-bond donors (Lipinski definition) is 0. The van der Waals surface area contributed by atoms with Crippen LogP contribution >= 0.6 is 0 Å². The zero-order chi connectivity index (χ0) is 16.7. The number of aromatic nitrogens is 3. The van der Waals surface area contributed by atoms with Gasteiger partial charge in [0, 0.05) is 23.8 Å². The van der Waals surface area contributed by atoms with E-state index in [-0.39, 0.29) is 0 Å². The number of hydrogen-bond acceptors (Lipinski definition) is 3. The molecule has 0 aliphatic carbocycles. The smallest absolute Gasteiger partial charge is 0.161 e. The quantitative estimate of drug-likeness (QED) is 0.563. The average molecular weight is 325 g/mol. The Bertz CT molecular complexity index is 1020. The average Bonchev–Trinajstić information content (AvgIpc) is 3.17. The van der Waals surface area contributed by atoms with Gasteiger partial charge in [-0.05, 0) is 6.92 Å². The van der Waals surface area contributed by atoms with E-state index >= 15 is 0 Å². The van der Waals surface area contributed by atoms with E-state index in [9.17, 15) is 8.78 Å². The van der Waals surface area contributed by atoms with Gasteiger partial charge in [0.05, 0.1) is 23.9 Å². The maximum Gasteiger partial charge on any atom is 0.161 e. The fraction of sp³-hybridized carbons (Fsp3) is 0.111. The number of imidazole rings is 1. The van der Waals surface area contributed by atoms with Gasteiger partial charge >= 0.3 is 0 Å². The predicted molar refractivity (Wildman–Crippen MR) is 85.4 cm³/mol. The van der Waals surface area contributed by atoms with Crippen molar-refractivity contribution in [2.45, 2.75) is 13.5 Å². The van der Waals surface area contributed by atoms with Crippen LogP contribution in [0.3, 0.4) is 0 Å². The molecule has 24 heavy (non-hydrogen) atoms. The van der Waals surface area contributed by atoms with Crippen molar-refractivity contribution in [1.29, 1.82) is 0 Å². The summed E-state index contributed by atoms with van der Waals surface area (Å²) in [5.74, 6) is -1.20. The Labute approximate surface area is 136 Å².